The molecule has 0 saturated heterocycles. The summed E-state index contributed by atoms with van der Waals surface area (Å²) in [6, 6.07) is 3.68. The maximum absolute atomic E-state index is 12.6. The molecule has 0 spiro atoms. The number of aliphatic imine (C=N–C) groups is 1. The van der Waals surface area contributed by atoms with Gasteiger partial charge in [-0.3, -0.25) is 4.99 Å². The maximum Gasteiger partial charge on any atom is 0.338 e. The highest BCUT2D eigenvalue weighted by Crippen LogP contribution is 2.45. The van der Waals surface area contributed by atoms with Crippen LogP contribution in [-0.4, -0.2) is 110 Å². The van der Waals surface area contributed by atoms with Crippen LogP contribution in [0.15, 0.2) is 34.7 Å². The minimum absolute atomic E-state index is 0.127. The first-order chi connectivity index (χ1) is 19.2. The molecule has 1 aliphatic heterocycles. The van der Waals surface area contributed by atoms with Crippen LogP contribution in [-0.2, 0) is 9.53 Å². The van der Waals surface area contributed by atoms with Crippen molar-refractivity contribution in [3.63, 3.8) is 0 Å². The fraction of sp³-hybridized carbons (Fsp3) is 0.556. The molecule has 7 atom stereocenters. The largest absolute Gasteiger partial charge is 0.493 e. The predicted molar refractivity (Wildman–Crippen MR) is 145 cm³/mol. The van der Waals surface area contributed by atoms with Crippen molar-refractivity contribution >= 4 is 23.4 Å². The summed E-state index contributed by atoms with van der Waals surface area (Å²) in [6.45, 7) is 1.47. The average Bonchev–Trinajstić information content (AvgIpc) is 2.99. The van der Waals surface area contributed by atoms with Crippen molar-refractivity contribution in [2.75, 3.05) is 26.6 Å². The van der Waals surface area contributed by atoms with E-state index in [1.807, 2.05) is 25.3 Å². The molecule has 2 aliphatic rings. The number of aliphatic hydroxyl groups is 5. The molecule has 5 N–H and O–H groups in total. The standard InChI is InChI=1S/C27H35N3O9S/c1-4-38-21-8-15-16-7-14(39-26(36)25(35)24(34)23(33)19(32)12-31)5-6-18(16)30-22(17(15)9-20(21)37-2)13-10-28-27(40-3)29-11-13/h8-11,14,16,18-19,23-25,31-35H,4-7,12H2,1-3H3/t14-,16-,18-,19-,23-,24+,25-/m1/s1. The fourth-order valence-corrected chi connectivity index (χ4v) is 5.45. The molecule has 2 heterocycles. The number of nitrogens with zero attached hydrogens (tertiary/aromatic N) is 3. The van der Waals surface area contributed by atoms with Crippen LogP contribution in [0.2, 0.25) is 0 Å². The van der Waals surface area contributed by atoms with Gasteiger partial charge in [0.05, 0.1) is 32.1 Å². The normalized spacial score (nSPS) is 23.1. The van der Waals surface area contributed by atoms with Gasteiger partial charge in [-0.2, -0.15) is 0 Å². The smallest absolute Gasteiger partial charge is 0.338 e. The molecule has 40 heavy (non-hydrogen) atoms. The monoisotopic (exact) mass is 577 g/mol. The van der Waals surface area contributed by atoms with Gasteiger partial charge in [0.1, 0.15) is 24.4 Å². The summed E-state index contributed by atoms with van der Waals surface area (Å²) in [4.78, 5) is 26.5. The number of carbonyl (C=O) groups is 1. The van der Waals surface area contributed by atoms with E-state index in [9.17, 15) is 25.2 Å². The Kier molecular flexibility index (Phi) is 9.98. The van der Waals surface area contributed by atoms with E-state index in [4.69, 9.17) is 24.3 Å². The van der Waals surface area contributed by atoms with Gasteiger partial charge in [0.25, 0.3) is 0 Å². The van der Waals surface area contributed by atoms with Crippen LogP contribution >= 0.6 is 11.8 Å². The van der Waals surface area contributed by atoms with E-state index in [1.54, 1.807) is 19.5 Å². The number of esters is 1. The SMILES string of the molecule is CCOc1cc2c(cc1OC)C(c1cnc(SC)nc1)=N[C@@H]1CC[C@@H](OC(=O)[C@H](O)[C@@H](O)[C@H](O)[C@H](O)CO)C[C@H]21. The summed E-state index contributed by atoms with van der Waals surface area (Å²) in [5, 5.41) is 49.3. The summed E-state index contributed by atoms with van der Waals surface area (Å²) >= 11 is 1.44. The van der Waals surface area contributed by atoms with Crippen LogP contribution < -0.4 is 9.47 Å². The molecule has 0 unspecified atom stereocenters. The number of rotatable bonds is 11. The first-order valence-electron chi connectivity index (χ1n) is 13.0. The summed E-state index contributed by atoms with van der Waals surface area (Å²) in [6.07, 6.45) is -1.56. The van der Waals surface area contributed by atoms with E-state index in [1.165, 1.54) is 11.8 Å². The third-order valence-electron chi connectivity index (χ3n) is 7.21. The lowest BCUT2D eigenvalue weighted by atomic mass is 9.74. The second-order valence-electron chi connectivity index (χ2n) is 9.68. The molecule has 4 rings (SSSR count). The number of fused-ring (bicyclic) bond motifs is 3. The third kappa shape index (κ3) is 6.24. The van der Waals surface area contributed by atoms with Crippen molar-refractivity contribution in [2.24, 2.45) is 4.99 Å². The fourth-order valence-electron chi connectivity index (χ4n) is 5.13. The van der Waals surface area contributed by atoms with Crippen molar-refractivity contribution in [3.8, 4) is 11.5 Å². The molecule has 1 fully saturated rings. The topological polar surface area (TPSA) is 184 Å². The number of hydrogen-bond acceptors (Lipinski definition) is 13. The zero-order valence-electron chi connectivity index (χ0n) is 22.5. The molecule has 0 bridgehead atoms. The van der Waals surface area contributed by atoms with Gasteiger partial charge in [0.15, 0.2) is 22.8 Å². The van der Waals surface area contributed by atoms with Crippen LogP contribution in [0.3, 0.4) is 0 Å². The van der Waals surface area contributed by atoms with Crippen LogP contribution in [0.5, 0.6) is 11.5 Å². The van der Waals surface area contributed by atoms with Gasteiger partial charge in [-0.25, -0.2) is 14.8 Å². The summed E-state index contributed by atoms with van der Waals surface area (Å²) in [5.41, 5.74) is 3.26. The molecule has 12 nitrogen and oxygen atoms in total. The van der Waals surface area contributed by atoms with E-state index >= 15 is 0 Å². The van der Waals surface area contributed by atoms with E-state index in [2.05, 4.69) is 9.97 Å². The molecule has 1 saturated carbocycles. The lowest BCUT2D eigenvalue weighted by molar-refractivity contribution is -0.176. The number of ether oxygens (including phenoxy) is 3. The van der Waals surface area contributed by atoms with Crippen LogP contribution in [0.25, 0.3) is 0 Å². The minimum Gasteiger partial charge on any atom is -0.493 e. The quantitative estimate of drug-likeness (QED) is 0.141. The number of benzene rings is 1. The van der Waals surface area contributed by atoms with E-state index < -0.39 is 43.1 Å². The number of carbonyl (C=O) groups excluding carboxylic acids is 1. The Labute approximate surface area is 236 Å². The zero-order valence-corrected chi connectivity index (χ0v) is 23.3. The van der Waals surface area contributed by atoms with Gasteiger partial charge in [-0.1, -0.05) is 11.8 Å². The molecule has 13 heteroatoms. The van der Waals surface area contributed by atoms with Crippen LogP contribution in [0.4, 0.5) is 0 Å². The summed E-state index contributed by atoms with van der Waals surface area (Å²) < 4.78 is 17.0. The highest BCUT2D eigenvalue weighted by Gasteiger charge is 2.41. The Balaban J connectivity index is 1.62. The Morgan fingerprint density at radius 1 is 1.10 bits per heavy atom. The molecule has 2 aromatic rings. The predicted octanol–water partition coefficient (Wildman–Crippen LogP) is 0.441. The van der Waals surface area contributed by atoms with Gasteiger partial charge in [-0.15, -0.1) is 0 Å². The number of hydrogen-bond donors (Lipinski definition) is 5. The highest BCUT2D eigenvalue weighted by molar-refractivity contribution is 7.98. The molecular formula is C27H35N3O9S. The number of thioether (sulfide) groups is 1. The van der Waals surface area contributed by atoms with Gasteiger partial charge >= 0.3 is 5.97 Å². The molecule has 1 aliphatic carbocycles. The second-order valence-corrected chi connectivity index (χ2v) is 10.5. The first-order valence-corrected chi connectivity index (χ1v) is 14.3. The molecule has 0 radical (unpaired) electrons. The lowest BCUT2D eigenvalue weighted by Gasteiger charge is -2.39. The Bertz CT molecular complexity index is 1210. The molecule has 218 valence electrons. The van der Waals surface area contributed by atoms with Gasteiger partial charge in [0.2, 0.25) is 0 Å². The zero-order chi connectivity index (χ0) is 29.0. The van der Waals surface area contributed by atoms with Crippen molar-refractivity contribution in [1.82, 2.24) is 9.97 Å². The lowest BCUT2D eigenvalue weighted by Crippen LogP contribution is -2.50. The van der Waals surface area contributed by atoms with Crippen molar-refractivity contribution in [2.45, 2.75) is 73.8 Å². The number of aromatic nitrogens is 2. The van der Waals surface area contributed by atoms with Crippen LogP contribution in [0.1, 0.15) is 48.8 Å². The van der Waals surface area contributed by atoms with Gasteiger partial charge in [0, 0.05) is 29.4 Å². The molecule has 0 amide bonds. The van der Waals surface area contributed by atoms with E-state index in [0.717, 1.165) is 22.4 Å². The molecule has 1 aromatic carbocycles. The van der Waals surface area contributed by atoms with Crippen molar-refractivity contribution in [3.05, 3.63) is 41.2 Å². The Morgan fingerprint density at radius 2 is 1.82 bits per heavy atom. The minimum atomic E-state index is -2.10. The highest BCUT2D eigenvalue weighted by atomic mass is 32.2. The van der Waals surface area contributed by atoms with Crippen molar-refractivity contribution in [1.29, 1.82) is 0 Å². The maximum atomic E-state index is 12.6. The summed E-state index contributed by atoms with van der Waals surface area (Å²) in [5.74, 6) is -0.151. The molecule has 1 aromatic heterocycles. The third-order valence-corrected chi connectivity index (χ3v) is 7.79. The van der Waals surface area contributed by atoms with Gasteiger partial charge < -0.3 is 39.7 Å². The van der Waals surface area contributed by atoms with Crippen LogP contribution in [0, 0.1) is 0 Å². The Morgan fingerprint density at radius 3 is 2.45 bits per heavy atom. The Hall–Kier alpha value is -2.81. The van der Waals surface area contributed by atoms with E-state index in [0.29, 0.717) is 42.5 Å². The van der Waals surface area contributed by atoms with Gasteiger partial charge in [-0.05, 0) is 50.1 Å². The number of aliphatic hydroxyl groups excluding tert-OH is 5. The van der Waals surface area contributed by atoms with Crippen molar-refractivity contribution < 1.29 is 44.5 Å². The number of methoxy groups -OCH3 is 1. The van der Waals surface area contributed by atoms with E-state index in [-0.39, 0.29) is 12.0 Å². The first kappa shape index (κ1) is 30.2. The molecular weight excluding hydrogens is 542 g/mol. The average molecular weight is 578 g/mol. The second kappa shape index (κ2) is 13.2. The summed E-state index contributed by atoms with van der Waals surface area (Å²) in [7, 11) is 1.56.